The number of aromatic nitrogens is 4. The summed E-state index contributed by atoms with van der Waals surface area (Å²) in [7, 11) is 0. The average Bonchev–Trinajstić information content (AvgIpc) is 2.85. The lowest BCUT2D eigenvalue weighted by Crippen LogP contribution is -2.21. The third-order valence-corrected chi connectivity index (χ3v) is 4.05. The van der Waals surface area contributed by atoms with Gasteiger partial charge in [0.05, 0.1) is 5.69 Å². The number of rotatable bonds is 2. The molecule has 24 heavy (non-hydrogen) atoms. The van der Waals surface area contributed by atoms with Crippen molar-refractivity contribution < 1.29 is 5.11 Å². The summed E-state index contributed by atoms with van der Waals surface area (Å²) in [4.78, 5) is 13.1. The first-order valence-electron chi connectivity index (χ1n) is 7.82. The quantitative estimate of drug-likeness (QED) is 0.714. The van der Waals surface area contributed by atoms with Gasteiger partial charge in [-0.2, -0.15) is 4.98 Å². The Morgan fingerprint density at radius 2 is 1.79 bits per heavy atom. The smallest absolute Gasteiger partial charge is 0.224 e. The predicted octanol–water partition coefficient (Wildman–Crippen LogP) is 3.99. The van der Waals surface area contributed by atoms with Gasteiger partial charge in [0.25, 0.3) is 0 Å². The summed E-state index contributed by atoms with van der Waals surface area (Å²) in [6.07, 6.45) is 1.72. The summed E-state index contributed by atoms with van der Waals surface area (Å²) in [5.74, 6) is 0.698. The van der Waals surface area contributed by atoms with Crippen LogP contribution in [-0.2, 0) is 11.0 Å². The predicted molar refractivity (Wildman–Crippen MR) is 95.6 cm³/mol. The molecule has 0 saturated heterocycles. The number of pyridine rings is 1. The van der Waals surface area contributed by atoms with Gasteiger partial charge in [-0.15, -0.1) is 0 Å². The normalized spacial score (nSPS) is 12.8. The Morgan fingerprint density at radius 3 is 2.42 bits per heavy atom. The van der Waals surface area contributed by atoms with Crippen LogP contribution in [0.4, 0.5) is 0 Å². The first-order valence-corrected chi connectivity index (χ1v) is 8.20. The van der Waals surface area contributed by atoms with Gasteiger partial charge >= 0.3 is 0 Å². The monoisotopic (exact) mass is 344 g/mol. The third-order valence-electron chi connectivity index (χ3n) is 3.87. The molecule has 0 saturated carbocycles. The van der Waals surface area contributed by atoms with E-state index in [9.17, 15) is 5.11 Å². The lowest BCUT2D eigenvalue weighted by Gasteiger charge is -2.23. The molecule has 0 aromatic carbocycles. The van der Waals surface area contributed by atoms with E-state index >= 15 is 0 Å². The molecule has 0 amide bonds. The van der Waals surface area contributed by atoms with Crippen molar-refractivity contribution in [2.75, 3.05) is 0 Å². The standard InChI is InChI=1S/C18H21ClN4O/c1-17(2,3)13-9-11-10-20-16(19)22-15(11)23(13)14-8-6-7-12(21-14)18(4,5)24/h6-10,24H,1-5H3. The van der Waals surface area contributed by atoms with Crippen LogP contribution in [0.25, 0.3) is 16.9 Å². The SMILES string of the molecule is CC(C)(C)c1cc2cnc(Cl)nc2n1-c1cccc(C(C)(C)O)n1. The van der Waals surface area contributed by atoms with Crippen LogP contribution in [0, 0.1) is 0 Å². The highest BCUT2D eigenvalue weighted by molar-refractivity contribution is 6.28. The minimum absolute atomic E-state index is 0.125. The summed E-state index contributed by atoms with van der Waals surface area (Å²) >= 11 is 6.01. The Labute approximate surface area is 146 Å². The van der Waals surface area contributed by atoms with Crippen LogP contribution in [0.3, 0.4) is 0 Å². The van der Waals surface area contributed by atoms with Crippen LogP contribution in [0.2, 0.25) is 5.28 Å². The first-order chi connectivity index (χ1) is 11.1. The molecular formula is C18H21ClN4O. The fraction of sp³-hybridized carbons (Fsp3) is 0.389. The van der Waals surface area contributed by atoms with Gasteiger partial charge in [-0.1, -0.05) is 26.8 Å². The van der Waals surface area contributed by atoms with Gasteiger partial charge in [0, 0.05) is 22.7 Å². The Morgan fingerprint density at radius 1 is 1.08 bits per heavy atom. The molecule has 0 fully saturated rings. The van der Waals surface area contributed by atoms with E-state index in [0.29, 0.717) is 17.2 Å². The van der Waals surface area contributed by atoms with Crippen LogP contribution >= 0.6 is 11.6 Å². The molecule has 0 atom stereocenters. The van der Waals surface area contributed by atoms with E-state index in [1.807, 2.05) is 22.8 Å². The van der Waals surface area contributed by atoms with Crippen LogP contribution in [0.1, 0.15) is 46.0 Å². The lowest BCUT2D eigenvalue weighted by atomic mass is 9.92. The summed E-state index contributed by atoms with van der Waals surface area (Å²) < 4.78 is 1.98. The summed E-state index contributed by atoms with van der Waals surface area (Å²) in [5, 5.41) is 11.4. The van der Waals surface area contributed by atoms with Gasteiger partial charge in [-0.3, -0.25) is 4.57 Å². The Balaban J connectivity index is 2.34. The molecule has 6 heteroatoms. The fourth-order valence-corrected chi connectivity index (χ4v) is 2.77. The van der Waals surface area contributed by atoms with E-state index in [1.54, 1.807) is 20.0 Å². The van der Waals surface area contributed by atoms with Gasteiger partial charge < -0.3 is 5.11 Å². The maximum Gasteiger partial charge on any atom is 0.224 e. The van der Waals surface area contributed by atoms with Crippen molar-refractivity contribution in [2.24, 2.45) is 0 Å². The van der Waals surface area contributed by atoms with Crippen molar-refractivity contribution in [3.63, 3.8) is 0 Å². The number of hydrogen-bond acceptors (Lipinski definition) is 4. The molecule has 3 aromatic rings. The molecular weight excluding hydrogens is 324 g/mol. The van der Waals surface area contributed by atoms with E-state index in [4.69, 9.17) is 11.6 Å². The van der Waals surface area contributed by atoms with Crippen LogP contribution < -0.4 is 0 Å². The second-order valence-corrected chi connectivity index (χ2v) is 7.81. The lowest BCUT2D eigenvalue weighted by molar-refractivity contribution is 0.0738. The second-order valence-electron chi connectivity index (χ2n) is 7.47. The van der Waals surface area contributed by atoms with Crippen molar-refractivity contribution in [2.45, 2.75) is 45.6 Å². The number of aliphatic hydroxyl groups is 1. The van der Waals surface area contributed by atoms with E-state index in [0.717, 1.165) is 11.1 Å². The minimum atomic E-state index is -1.02. The highest BCUT2D eigenvalue weighted by Gasteiger charge is 2.25. The fourth-order valence-electron chi connectivity index (χ4n) is 2.64. The molecule has 3 heterocycles. The molecule has 1 N–H and O–H groups in total. The highest BCUT2D eigenvalue weighted by atomic mass is 35.5. The number of fused-ring (bicyclic) bond motifs is 1. The molecule has 0 unspecified atom stereocenters. The molecule has 126 valence electrons. The molecule has 0 aliphatic rings. The molecule has 0 radical (unpaired) electrons. The van der Waals surface area contributed by atoms with Crippen molar-refractivity contribution in [1.29, 1.82) is 0 Å². The molecule has 0 bridgehead atoms. The number of halogens is 1. The molecule has 0 aliphatic heterocycles. The largest absolute Gasteiger partial charge is 0.384 e. The van der Waals surface area contributed by atoms with Crippen LogP contribution in [0.15, 0.2) is 30.5 Å². The topological polar surface area (TPSA) is 63.8 Å². The van der Waals surface area contributed by atoms with E-state index in [1.165, 1.54) is 0 Å². The Kier molecular flexibility index (Phi) is 3.89. The van der Waals surface area contributed by atoms with E-state index in [2.05, 4.69) is 41.8 Å². The first kappa shape index (κ1) is 16.9. The Hall–Kier alpha value is -1.98. The van der Waals surface area contributed by atoms with Crippen molar-refractivity contribution in [3.05, 3.63) is 47.1 Å². The molecule has 0 spiro atoms. The van der Waals surface area contributed by atoms with Gasteiger partial charge in [-0.25, -0.2) is 9.97 Å². The second kappa shape index (κ2) is 5.53. The zero-order valence-corrected chi connectivity index (χ0v) is 15.3. The zero-order valence-electron chi connectivity index (χ0n) is 14.5. The summed E-state index contributed by atoms with van der Waals surface area (Å²) in [6.45, 7) is 9.83. The van der Waals surface area contributed by atoms with Gasteiger partial charge in [0.1, 0.15) is 11.4 Å². The number of nitrogens with zero attached hydrogens (tertiary/aromatic N) is 4. The van der Waals surface area contributed by atoms with Crippen molar-refractivity contribution in [1.82, 2.24) is 19.5 Å². The van der Waals surface area contributed by atoms with Crippen molar-refractivity contribution >= 4 is 22.6 Å². The van der Waals surface area contributed by atoms with Crippen LogP contribution in [0.5, 0.6) is 0 Å². The molecule has 5 nitrogen and oxygen atoms in total. The molecule has 0 aliphatic carbocycles. The third kappa shape index (κ3) is 3.01. The van der Waals surface area contributed by atoms with Gasteiger partial charge in [0.2, 0.25) is 5.28 Å². The van der Waals surface area contributed by atoms with E-state index in [-0.39, 0.29) is 10.7 Å². The van der Waals surface area contributed by atoms with Gasteiger partial charge in [-0.05, 0) is 43.6 Å². The molecule has 3 aromatic heterocycles. The average molecular weight is 345 g/mol. The zero-order chi connectivity index (χ0) is 17.7. The minimum Gasteiger partial charge on any atom is -0.384 e. The number of hydrogen-bond donors (Lipinski definition) is 1. The molecule has 3 rings (SSSR count). The van der Waals surface area contributed by atoms with Crippen LogP contribution in [-0.4, -0.2) is 24.6 Å². The van der Waals surface area contributed by atoms with E-state index < -0.39 is 5.60 Å². The maximum atomic E-state index is 10.3. The highest BCUT2D eigenvalue weighted by Crippen LogP contribution is 2.31. The summed E-state index contributed by atoms with van der Waals surface area (Å²) in [6, 6.07) is 7.66. The van der Waals surface area contributed by atoms with Gasteiger partial charge in [0.15, 0.2) is 5.65 Å². The Bertz CT molecular complexity index is 904. The van der Waals surface area contributed by atoms with Crippen molar-refractivity contribution in [3.8, 4) is 5.82 Å². The summed E-state index contributed by atoms with van der Waals surface area (Å²) in [5.41, 5.74) is 1.21. The maximum absolute atomic E-state index is 10.3.